The van der Waals surface area contributed by atoms with Crippen LogP contribution in [0.5, 0.6) is 5.75 Å². The van der Waals surface area contributed by atoms with Crippen LogP contribution in [0.1, 0.15) is 16.7 Å². The number of rotatable bonds is 1. The predicted octanol–water partition coefficient (Wildman–Crippen LogP) is 4.89. The van der Waals surface area contributed by atoms with Gasteiger partial charge in [0.05, 0.1) is 0 Å². The Kier molecular flexibility index (Phi) is 2.04. The van der Waals surface area contributed by atoms with Crippen LogP contribution < -0.4 is 0 Å². The summed E-state index contributed by atoms with van der Waals surface area (Å²) in [5, 5.41) is 14.5. The third-order valence-corrected chi connectivity index (χ3v) is 3.70. The van der Waals surface area contributed by atoms with Gasteiger partial charge in [0, 0.05) is 5.56 Å². The van der Waals surface area contributed by atoms with Gasteiger partial charge in [-0.25, -0.2) is 0 Å². The molecular formula is C18H11O. The molecule has 1 heteroatoms. The lowest BCUT2D eigenvalue weighted by atomic mass is 9.97. The lowest BCUT2D eigenvalue weighted by molar-refractivity contribution is 0.353. The molecule has 1 aliphatic carbocycles. The van der Waals surface area contributed by atoms with E-state index < -0.39 is 0 Å². The van der Waals surface area contributed by atoms with Gasteiger partial charge >= 0.3 is 0 Å². The largest absolute Gasteiger partial charge is 0.289 e. The van der Waals surface area contributed by atoms with Gasteiger partial charge in [0.1, 0.15) is 0 Å². The number of para-hydroxylation sites is 1. The van der Waals surface area contributed by atoms with Gasteiger partial charge in [0.15, 0.2) is 5.75 Å². The van der Waals surface area contributed by atoms with Crippen molar-refractivity contribution in [2.24, 2.45) is 0 Å². The number of hydrogen-bond donors (Lipinski definition) is 0. The van der Waals surface area contributed by atoms with E-state index in [0.717, 1.165) is 16.7 Å². The molecule has 0 atom stereocenters. The molecule has 0 N–H and O–H groups in total. The SMILES string of the molecule is [O]c1ccccc1C1=Cc2cccc3cccc1c23. The minimum atomic E-state index is 0.0820. The first kappa shape index (κ1) is 10.4. The summed E-state index contributed by atoms with van der Waals surface area (Å²) in [6.07, 6.45) is 2.12. The van der Waals surface area contributed by atoms with Crippen molar-refractivity contribution in [3.8, 4) is 5.75 Å². The summed E-state index contributed by atoms with van der Waals surface area (Å²) in [5.41, 5.74) is 4.19. The molecule has 0 saturated carbocycles. The summed E-state index contributed by atoms with van der Waals surface area (Å²) in [5.74, 6) is 0.0820. The molecule has 1 nitrogen and oxygen atoms in total. The maximum absolute atomic E-state index is 12.0. The molecule has 4 rings (SSSR count). The molecule has 0 unspecified atom stereocenters. The minimum absolute atomic E-state index is 0.0820. The highest BCUT2D eigenvalue weighted by molar-refractivity contribution is 6.13. The highest BCUT2D eigenvalue weighted by Gasteiger charge is 2.19. The molecule has 89 valence electrons. The summed E-state index contributed by atoms with van der Waals surface area (Å²) in [7, 11) is 0. The number of benzene rings is 3. The van der Waals surface area contributed by atoms with E-state index in [0.29, 0.717) is 0 Å². The first-order valence-corrected chi connectivity index (χ1v) is 6.35. The van der Waals surface area contributed by atoms with Gasteiger partial charge in [-0.2, -0.15) is 0 Å². The lowest BCUT2D eigenvalue weighted by Gasteiger charge is -2.06. The van der Waals surface area contributed by atoms with Gasteiger partial charge in [-0.15, -0.1) is 0 Å². The average molecular weight is 243 g/mol. The fraction of sp³-hybridized carbons (Fsp3) is 0. The fourth-order valence-electron chi connectivity index (χ4n) is 2.86. The van der Waals surface area contributed by atoms with Crippen LogP contribution in [0.3, 0.4) is 0 Å². The van der Waals surface area contributed by atoms with Crippen molar-refractivity contribution in [1.82, 2.24) is 0 Å². The molecule has 1 aliphatic rings. The van der Waals surface area contributed by atoms with E-state index in [1.807, 2.05) is 18.2 Å². The average Bonchev–Trinajstić information content (AvgIpc) is 2.81. The molecule has 0 spiro atoms. The molecule has 0 amide bonds. The second-order valence-electron chi connectivity index (χ2n) is 4.81. The van der Waals surface area contributed by atoms with E-state index in [4.69, 9.17) is 0 Å². The van der Waals surface area contributed by atoms with Crippen LogP contribution >= 0.6 is 0 Å². The van der Waals surface area contributed by atoms with Crippen molar-refractivity contribution in [3.05, 3.63) is 77.4 Å². The van der Waals surface area contributed by atoms with Crippen molar-refractivity contribution >= 4 is 22.4 Å². The Morgan fingerprint density at radius 1 is 0.684 bits per heavy atom. The molecule has 0 bridgehead atoms. The van der Waals surface area contributed by atoms with Crippen molar-refractivity contribution in [1.29, 1.82) is 0 Å². The first-order valence-electron chi connectivity index (χ1n) is 6.35. The normalized spacial score (nSPS) is 12.7. The van der Waals surface area contributed by atoms with E-state index in [1.165, 1.54) is 16.3 Å². The molecule has 0 aliphatic heterocycles. The summed E-state index contributed by atoms with van der Waals surface area (Å²) in [6.45, 7) is 0. The third-order valence-electron chi connectivity index (χ3n) is 3.70. The zero-order valence-corrected chi connectivity index (χ0v) is 10.3. The Hall–Kier alpha value is -2.54. The van der Waals surface area contributed by atoms with Crippen molar-refractivity contribution in [2.75, 3.05) is 0 Å². The highest BCUT2D eigenvalue weighted by Crippen LogP contribution is 2.42. The van der Waals surface area contributed by atoms with Crippen molar-refractivity contribution in [3.63, 3.8) is 0 Å². The Morgan fingerprint density at radius 2 is 1.42 bits per heavy atom. The van der Waals surface area contributed by atoms with Crippen LogP contribution in [0, 0.1) is 0 Å². The molecule has 3 aromatic rings. The molecular weight excluding hydrogens is 232 g/mol. The maximum atomic E-state index is 12.0. The van der Waals surface area contributed by atoms with Crippen LogP contribution in [-0.4, -0.2) is 0 Å². The van der Waals surface area contributed by atoms with Crippen LogP contribution in [0.4, 0.5) is 0 Å². The maximum Gasteiger partial charge on any atom is 0.186 e. The van der Waals surface area contributed by atoms with E-state index in [-0.39, 0.29) is 5.75 Å². The lowest BCUT2D eigenvalue weighted by Crippen LogP contribution is -1.85. The quantitative estimate of drug-likeness (QED) is 0.454. The standard InChI is InChI=1S/C18H11O/c19-17-10-2-1-8-14(17)16-11-13-7-3-5-12-6-4-9-15(16)18(12)13/h1-11H. The van der Waals surface area contributed by atoms with E-state index in [2.05, 4.69) is 36.4 Å². The minimum Gasteiger partial charge on any atom is -0.289 e. The fourth-order valence-corrected chi connectivity index (χ4v) is 2.86. The van der Waals surface area contributed by atoms with Gasteiger partial charge in [-0.3, -0.25) is 5.11 Å². The zero-order chi connectivity index (χ0) is 12.8. The predicted molar refractivity (Wildman–Crippen MR) is 77.5 cm³/mol. The second-order valence-corrected chi connectivity index (χ2v) is 4.81. The van der Waals surface area contributed by atoms with Crippen LogP contribution in [-0.2, 0) is 5.11 Å². The summed E-state index contributed by atoms with van der Waals surface area (Å²) in [4.78, 5) is 0. The Balaban J connectivity index is 2.05. The molecule has 3 aromatic carbocycles. The molecule has 19 heavy (non-hydrogen) atoms. The summed E-state index contributed by atoms with van der Waals surface area (Å²) in [6, 6.07) is 19.8. The monoisotopic (exact) mass is 243 g/mol. The van der Waals surface area contributed by atoms with Crippen LogP contribution in [0.2, 0.25) is 0 Å². The van der Waals surface area contributed by atoms with Gasteiger partial charge in [0.25, 0.3) is 0 Å². The molecule has 0 fully saturated rings. The van der Waals surface area contributed by atoms with Gasteiger partial charge in [-0.1, -0.05) is 54.6 Å². The molecule has 0 aromatic heterocycles. The topological polar surface area (TPSA) is 19.9 Å². The second kappa shape index (κ2) is 3.72. The van der Waals surface area contributed by atoms with Gasteiger partial charge in [-0.05, 0) is 39.6 Å². The van der Waals surface area contributed by atoms with Crippen LogP contribution in [0.15, 0.2) is 60.7 Å². The Labute approximate surface area is 111 Å². The van der Waals surface area contributed by atoms with E-state index >= 15 is 0 Å². The molecule has 0 saturated heterocycles. The van der Waals surface area contributed by atoms with Crippen molar-refractivity contribution < 1.29 is 5.11 Å². The van der Waals surface area contributed by atoms with Crippen LogP contribution in [0.25, 0.3) is 22.4 Å². The van der Waals surface area contributed by atoms with E-state index in [9.17, 15) is 5.11 Å². The van der Waals surface area contributed by atoms with Gasteiger partial charge < -0.3 is 0 Å². The third kappa shape index (κ3) is 1.42. The Bertz CT molecular complexity index is 823. The molecule has 0 heterocycles. The summed E-state index contributed by atoms with van der Waals surface area (Å²) < 4.78 is 0. The number of hydrogen-bond acceptors (Lipinski definition) is 0. The smallest absolute Gasteiger partial charge is 0.186 e. The Morgan fingerprint density at radius 3 is 2.26 bits per heavy atom. The van der Waals surface area contributed by atoms with Gasteiger partial charge in [0.2, 0.25) is 0 Å². The van der Waals surface area contributed by atoms with Crippen molar-refractivity contribution in [2.45, 2.75) is 0 Å². The highest BCUT2D eigenvalue weighted by atomic mass is 16.3. The zero-order valence-electron chi connectivity index (χ0n) is 10.3. The summed E-state index contributed by atoms with van der Waals surface area (Å²) >= 11 is 0. The first-order chi connectivity index (χ1) is 9.34. The molecule has 1 radical (unpaired) electrons. The van der Waals surface area contributed by atoms with E-state index in [1.54, 1.807) is 12.1 Å².